The van der Waals surface area contributed by atoms with Crippen molar-refractivity contribution in [1.29, 1.82) is 0 Å². The molecule has 1 heterocycles. The minimum Gasteiger partial charge on any atom is -0.497 e. The summed E-state index contributed by atoms with van der Waals surface area (Å²) in [6, 6.07) is 8.41. The first-order valence-corrected chi connectivity index (χ1v) is 7.77. The van der Waals surface area contributed by atoms with Crippen molar-refractivity contribution < 1.29 is 4.74 Å². The fourth-order valence-corrected chi connectivity index (χ4v) is 3.09. The number of ether oxygens (including phenoxy) is 1. The molecule has 4 nitrogen and oxygen atoms in total. The van der Waals surface area contributed by atoms with Crippen LogP contribution < -0.4 is 10.5 Å². The van der Waals surface area contributed by atoms with Gasteiger partial charge in [-0.05, 0) is 37.1 Å². The van der Waals surface area contributed by atoms with E-state index >= 15 is 0 Å². The SMILES string of the molecule is COc1ccc(-c2nn(C3CCCCCC3)cc2N)cc1. The summed E-state index contributed by atoms with van der Waals surface area (Å²) in [4.78, 5) is 0. The van der Waals surface area contributed by atoms with Gasteiger partial charge in [-0.1, -0.05) is 25.7 Å². The molecule has 21 heavy (non-hydrogen) atoms. The fraction of sp³-hybridized carbons (Fsp3) is 0.471. The normalized spacial score (nSPS) is 16.6. The third-order valence-electron chi connectivity index (χ3n) is 4.32. The maximum absolute atomic E-state index is 6.18. The quantitative estimate of drug-likeness (QED) is 0.866. The van der Waals surface area contributed by atoms with Crippen molar-refractivity contribution in [3.05, 3.63) is 30.5 Å². The lowest BCUT2D eigenvalue weighted by Crippen LogP contribution is -2.08. The highest BCUT2D eigenvalue weighted by molar-refractivity contribution is 5.72. The van der Waals surface area contributed by atoms with Crippen LogP contribution in [0.3, 0.4) is 0 Å². The van der Waals surface area contributed by atoms with Gasteiger partial charge in [0.05, 0.1) is 18.8 Å². The molecular weight excluding hydrogens is 262 g/mol. The number of anilines is 1. The molecule has 0 atom stereocenters. The Morgan fingerprint density at radius 3 is 2.38 bits per heavy atom. The van der Waals surface area contributed by atoms with Crippen LogP contribution in [0.4, 0.5) is 5.69 Å². The minimum absolute atomic E-state index is 0.502. The zero-order valence-electron chi connectivity index (χ0n) is 12.6. The molecule has 1 aromatic heterocycles. The van der Waals surface area contributed by atoms with Gasteiger partial charge in [0.25, 0.3) is 0 Å². The lowest BCUT2D eigenvalue weighted by molar-refractivity contribution is 0.406. The van der Waals surface area contributed by atoms with Crippen molar-refractivity contribution in [2.24, 2.45) is 0 Å². The van der Waals surface area contributed by atoms with Crippen molar-refractivity contribution in [1.82, 2.24) is 9.78 Å². The number of nitrogen functional groups attached to an aromatic ring is 1. The summed E-state index contributed by atoms with van der Waals surface area (Å²) in [5, 5.41) is 4.75. The number of hydrogen-bond acceptors (Lipinski definition) is 3. The predicted molar refractivity (Wildman–Crippen MR) is 85.4 cm³/mol. The largest absolute Gasteiger partial charge is 0.497 e. The minimum atomic E-state index is 0.502. The van der Waals surface area contributed by atoms with E-state index in [0.717, 1.165) is 22.7 Å². The Labute approximate surface area is 125 Å². The number of methoxy groups -OCH3 is 1. The Morgan fingerprint density at radius 1 is 1.10 bits per heavy atom. The standard InChI is InChI=1S/C17H23N3O/c1-21-15-10-8-13(9-11-15)17-16(18)12-20(19-17)14-6-4-2-3-5-7-14/h8-12,14H,2-7,18H2,1H3. The van der Waals surface area contributed by atoms with Crippen LogP contribution >= 0.6 is 0 Å². The molecule has 2 N–H and O–H groups in total. The zero-order chi connectivity index (χ0) is 14.7. The molecule has 1 aromatic carbocycles. The third kappa shape index (κ3) is 3.04. The molecule has 112 valence electrons. The number of benzene rings is 1. The van der Waals surface area contributed by atoms with E-state index in [0.29, 0.717) is 6.04 Å². The Balaban J connectivity index is 1.85. The molecular formula is C17H23N3O. The molecule has 0 radical (unpaired) electrons. The molecule has 3 rings (SSSR count). The molecule has 2 aromatic rings. The highest BCUT2D eigenvalue weighted by atomic mass is 16.5. The van der Waals surface area contributed by atoms with Gasteiger partial charge in [0, 0.05) is 11.8 Å². The number of hydrogen-bond donors (Lipinski definition) is 1. The van der Waals surface area contributed by atoms with E-state index in [-0.39, 0.29) is 0 Å². The maximum atomic E-state index is 6.18. The van der Waals surface area contributed by atoms with Crippen LogP contribution in [0.25, 0.3) is 11.3 Å². The van der Waals surface area contributed by atoms with Gasteiger partial charge in [-0.2, -0.15) is 5.10 Å². The molecule has 0 spiro atoms. The third-order valence-corrected chi connectivity index (χ3v) is 4.32. The first kappa shape index (κ1) is 14.0. The maximum Gasteiger partial charge on any atom is 0.118 e. The number of nitrogens with two attached hydrogens (primary N) is 1. The molecule has 0 bridgehead atoms. The molecule has 4 heteroatoms. The summed E-state index contributed by atoms with van der Waals surface area (Å²) in [5.74, 6) is 0.848. The van der Waals surface area contributed by atoms with Crippen molar-refractivity contribution in [3.63, 3.8) is 0 Å². The van der Waals surface area contributed by atoms with Crippen LogP contribution in [0.5, 0.6) is 5.75 Å². The predicted octanol–water partition coefficient (Wildman–Crippen LogP) is 4.04. The highest BCUT2D eigenvalue weighted by Crippen LogP contribution is 2.31. The summed E-state index contributed by atoms with van der Waals surface area (Å²) in [5.41, 5.74) is 8.85. The first-order valence-electron chi connectivity index (χ1n) is 7.77. The van der Waals surface area contributed by atoms with Crippen molar-refractivity contribution in [3.8, 4) is 17.0 Å². The fourth-order valence-electron chi connectivity index (χ4n) is 3.09. The number of rotatable bonds is 3. The Morgan fingerprint density at radius 2 is 1.76 bits per heavy atom. The van der Waals surface area contributed by atoms with Crippen molar-refractivity contribution in [2.45, 2.75) is 44.6 Å². The van der Waals surface area contributed by atoms with Crippen LogP contribution in [0.2, 0.25) is 0 Å². The number of nitrogens with zero attached hydrogens (tertiary/aromatic N) is 2. The van der Waals surface area contributed by atoms with E-state index < -0.39 is 0 Å². The Kier molecular flexibility index (Phi) is 4.13. The Bertz CT molecular complexity index is 581. The second kappa shape index (κ2) is 6.20. The van der Waals surface area contributed by atoms with E-state index in [9.17, 15) is 0 Å². The summed E-state index contributed by atoms with van der Waals surface area (Å²) in [7, 11) is 1.67. The van der Waals surface area contributed by atoms with E-state index in [2.05, 4.69) is 4.68 Å². The van der Waals surface area contributed by atoms with E-state index in [1.165, 1.54) is 38.5 Å². The topological polar surface area (TPSA) is 53.1 Å². The lowest BCUT2D eigenvalue weighted by atomic mass is 10.1. The number of aromatic nitrogens is 2. The summed E-state index contributed by atoms with van der Waals surface area (Å²) < 4.78 is 7.28. The smallest absolute Gasteiger partial charge is 0.118 e. The molecule has 0 aliphatic heterocycles. The van der Waals surface area contributed by atoms with Gasteiger partial charge in [0.1, 0.15) is 11.4 Å². The second-order valence-corrected chi connectivity index (χ2v) is 5.79. The van der Waals surface area contributed by atoms with Gasteiger partial charge in [0.15, 0.2) is 0 Å². The zero-order valence-corrected chi connectivity index (χ0v) is 12.6. The average Bonchev–Trinajstić information content (AvgIpc) is 2.74. The van der Waals surface area contributed by atoms with Gasteiger partial charge in [0.2, 0.25) is 0 Å². The van der Waals surface area contributed by atoms with Gasteiger partial charge >= 0.3 is 0 Å². The van der Waals surface area contributed by atoms with Crippen LogP contribution in [-0.2, 0) is 0 Å². The molecule has 0 saturated heterocycles. The van der Waals surface area contributed by atoms with Crippen molar-refractivity contribution >= 4 is 5.69 Å². The molecule has 0 amide bonds. The summed E-state index contributed by atoms with van der Waals surface area (Å²) in [6.45, 7) is 0. The van der Waals surface area contributed by atoms with Crippen LogP contribution in [-0.4, -0.2) is 16.9 Å². The first-order chi connectivity index (χ1) is 10.3. The lowest BCUT2D eigenvalue weighted by Gasteiger charge is -2.14. The van der Waals surface area contributed by atoms with Crippen LogP contribution in [0.1, 0.15) is 44.6 Å². The van der Waals surface area contributed by atoms with E-state index in [1.54, 1.807) is 7.11 Å². The van der Waals surface area contributed by atoms with E-state index in [4.69, 9.17) is 15.6 Å². The van der Waals surface area contributed by atoms with Crippen LogP contribution in [0, 0.1) is 0 Å². The van der Waals surface area contributed by atoms with E-state index in [1.807, 2.05) is 30.5 Å². The van der Waals surface area contributed by atoms with Gasteiger partial charge < -0.3 is 10.5 Å². The van der Waals surface area contributed by atoms with Crippen LogP contribution in [0.15, 0.2) is 30.5 Å². The summed E-state index contributed by atoms with van der Waals surface area (Å²) >= 11 is 0. The second-order valence-electron chi connectivity index (χ2n) is 5.79. The summed E-state index contributed by atoms with van der Waals surface area (Å²) in [6.07, 6.45) is 9.70. The molecule has 1 aliphatic carbocycles. The average molecular weight is 285 g/mol. The molecule has 1 fully saturated rings. The Hall–Kier alpha value is -1.97. The van der Waals surface area contributed by atoms with Crippen molar-refractivity contribution in [2.75, 3.05) is 12.8 Å². The van der Waals surface area contributed by atoms with Gasteiger partial charge in [-0.25, -0.2) is 0 Å². The highest BCUT2D eigenvalue weighted by Gasteiger charge is 2.17. The monoisotopic (exact) mass is 285 g/mol. The van der Waals surface area contributed by atoms with Gasteiger partial charge in [-0.3, -0.25) is 4.68 Å². The van der Waals surface area contributed by atoms with Gasteiger partial charge in [-0.15, -0.1) is 0 Å². The molecule has 1 aliphatic rings. The molecule has 1 saturated carbocycles. The molecule has 0 unspecified atom stereocenters.